The predicted molar refractivity (Wildman–Crippen MR) is 80.2 cm³/mol. The van der Waals surface area contributed by atoms with Crippen molar-refractivity contribution in [3.05, 3.63) is 17.3 Å². The lowest BCUT2D eigenvalue weighted by molar-refractivity contribution is 0.504. The summed E-state index contributed by atoms with van der Waals surface area (Å²) in [5.41, 5.74) is 6.75. The number of halogens is 1. The van der Waals surface area contributed by atoms with E-state index < -0.39 is 0 Å². The Hall–Kier alpha value is -0.960. The van der Waals surface area contributed by atoms with Crippen molar-refractivity contribution in [2.24, 2.45) is 5.92 Å². The van der Waals surface area contributed by atoms with Gasteiger partial charge in [0.25, 0.3) is 0 Å². The van der Waals surface area contributed by atoms with Crippen molar-refractivity contribution in [2.75, 3.05) is 17.2 Å². The van der Waals surface area contributed by atoms with Crippen LogP contribution >= 0.6 is 11.6 Å². The normalized spacial score (nSPS) is 11.3. The van der Waals surface area contributed by atoms with Gasteiger partial charge in [-0.1, -0.05) is 39.3 Å². The molecule has 18 heavy (non-hydrogen) atoms. The summed E-state index contributed by atoms with van der Waals surface area (Å²) in [6.45, 7) is 9.75. The number of anilines is 2. The van der Waals surface area contributed by atoms with Crippen molar-refractivity contribution < 1.29 is 0 Å². The average molecular weight is 270 g/mol. The van der Waals surface area contributed by atoms with E-state index in [1.54, 1.807) is 6.07 Å². The summed E-state index contributed by atoms with van der Waals surface area (Å²) < 4.78 is 0. The molecule has 1 rings (SSSR count). The lowest BCUT2D eigenvalue weighted by Gasteiger charge is -2.34. The predicted octanol–water partition coefficient (Wildman–Crippen LogP) is 3.97. The molecule has 0 aliphatic rings. The first-order chi connectivity index (χ1) is 8.49. The number of hydrogen-bond donors (Lipinski definition) is 1. The Morgan fingerprint density at radius 3 is 2.39 bits per heavy atom. The first kappa shape index (κ1) is 15.1. The largest absolute Gasteiger partial charge is 0.396 e. The molecule has 0 spiro atoms. The summed E-state index contributed by atoms with van der Waals surface area (Å²) in [5.74, 6) is 1.38. The van der Waals surface area contributed by atoms with Gasteiger partial charge in [-0.15, -0.1) is 0 Å². The maximum atomic E-state index is 6.05. The van der Waals surface area contributed by atoms with Gasteiger partial charge >= 0.3 is 0 Å². The second kappa shape index (κ2) is 6.83. The molecule has 0 unspecified atom stereocenters. The summed E-state index contributed by atoms with van der Waals surface area (Å²) in [7, 11) is 0. The molecule has 0 amide bonds. The van der Waals surface area contributed by atoms with E-state index in [0.29, 0.717) is 22.8 Å². The van der Waals surface area contributed by atoms with Gasteiger partial charge in [-0.3, -0.25) is 0 Å². The maximum Gasteiger partial charge on any atom is 0.153 e. The van der Waals surface area contributed by atoms with Crippen LogP contribution in [0.1, 0.15) is 40.5 Å². The van der Waals surface area contributed by atoms with Crippen molar-refractivity contribution in [3.8, 4) is 0 Å². The van der Waals surface area contributed by atoms with Gasteiger partial charge in [0.05, 0.1) is 5.69 Å². The van der Waals surface area contributed by atoms with Gasteiger partial charge < -0.3 is 10.6 Å². The van der Waals surface area contributed by atoms with Crippen molar-refractivity contribution in [1.29, 1.82) is 0 Å². The third-order valence-corrected chi connectivity index (χ3v) is 3.30. The summed E-state index contributed by atoms with van der Waals surface area (Å²) in [6.07, 6.45) is 2.16. The molecule has 0 atom stereocenters. The van der Waals surface area contributed by atoms with Crippen LogP contribution in [-0.4, -0.2) is 17.6 Å². The van der Waals surface area contributed by atoms with Crippen LogP contribution in [-0.2, 0) is 0 Å². The Balaban J connectivity index is 3.11. The van der Waals surface area contributed by atoms with Crippen LogP contribution in [0.2, 0.25) is 5.15 Å². The monoisotopic (exact) mass is 269 g/mol. The third kappa shape index (κ3) is 3.77. The van der Waals surface area contributed by atoms with Crippen LogP contribution in [0.5, 0.6) is 0 Å². The molecule has 1 aromatic heterocycles. The third-order valence-electron chi connectivity index (χ3n) is 3.09. The van der Waals surface area contributed by atoms with Crippen LogP contribution in [0.3, 0.4) is 0 Å². The minimum atomic E-state index is 0.459. The van der Waals surface area contributed by atoms with Crippen molar-refractivity contribution in [2.45, 2.75) is 46.6 Å². The number of aromatic nitrogens is 1. The Bertz CT molecular complexity index is 375. The van der Waals surface area contributed by atoms with E-state index in [1.165, 1.54) is 0 Å². The zero-order valence-electron chi connectivity index (χ0n) is 11.8. The Morgan fingerprint density at radius 1 is 1.28 bits per heavy atom. The summed E-state index contributed by atoms with van der Waals surface area (Å²) >= 11 is 6.00. The number of nitrogen functional groups attached to an aromatic ring is 1. The van der Waals surface area contributed by atoms with E-state index in [4.69, 9.17) is 17.3 Å². The molecule has 0 saturated carbocycles. The summed E-state index contributed by atoms with van der Waals surface area (Å²) in [5, 5.41) is 0.499. The van der Waals surface area contributed by atoms with Crippen molar-refractivity contribution in [1.82, 2.24) is 4.98 Å². The van der Waals surface area contributed by atoms with Gasteiger partial charge in [-0.05, 0) is 30.9 Å². The van der Waals surface area contributed by atoms with Crippen LogP contribution in [0.25, 0.3) is 0 Å². The average Bonchev–Trinajstić information content (AvgIpc) is 2.32. The highest BCUT2D eigenvalue weighted by atomic mass is 35.5. The molecule has 1 aromatic rings. The van der Waals surface area contributed by atoms with E-state index in [2.05, 4.69) is 37.6 Å². The molecule has 0 fully saturated rings. The van der Waals surface area contributed by atoms with E-state index in [0.717, 1.165) is 25.2 Å². The molecular formula is C14H24ClN3. The van der Waals surface area contributed by atoms with Gasteiger partial charge in [0.15, 0.2) is 5.82 Å². The molecule has 0 aliphatic carbocycles. The van der Waals surface area contributed by atoms with Crippen LogP contribution in [0.4, 0.5) is 11.5 Å². The van der Waals surface area contributed by atoms with E-state index in [1.807, 2.05) is 6.07 Å². The summed E-state index contributed by atoms with van der Waals surface area (Å²) in [4.78, 5) is 6.71. The van der Waals surface area contributed by atoms with Gasteiger partial charge in [0.1, 0.15) is 5.15 Å². The molecule has 1 heterocycles. The molecule has 3 nitrogen and oxygen atoms in total. The van der Waals surface area contributed by atoms with E-state index in [-0.39, 0.29) is 0 Å². The standard InChI is InChI=1S/C14H24ClN3/c1-5-11(6-2)18(9-10(3)4)14-12(16)7-8-13(15)17-14/h7-8,10-11H,5-6,9,16H2,1-4H3. The SMILES string of the molecule is CCC(CC)N(CC(C)C)c1nc(Cl)ccc1N. The fourth-order valence-corrected chi connectivity index (χ4v) is 2.34. The van der Waals surface area contributed by atoms with Crippen molar-refractivity contribution >= 4 is 23.1 Å². The minimum Gasteiger partial charge on any atom is -0.396 e. The fraction of sp³-hybridized carbons (Fsp3) is 0.643. The van der Waals surface area contributed by atoms with Crippen LogP contribution in [0, 0.1) is 5.92 Å². The molecule has 0 saturated heterocycles. The number of rotatable bonds is 6. The van der Waals surface area contributed by atoms with Gasteiger partial charge in [0.2, 0.25) is 0 Å². The van der Waals surface area contributed by atoms with Crippen LogP contribution in [0.15, 0.2) is 12.1 Å². The Kier molecular flexibility index (Phi) is 5.73. The first-order valence-corrected chi connectivity index (χ1v) is 7.06. The number of pyridine rings is 1. The highest BCUT2D eigenvalue weighted by Gasteiger charge is 2.20. The Morgan fingerprint density at radius 2 is 1.89 bits per heavy atom. The Labute approximate surface area is 115 Å². The van der Waals surface area contributed by atoms with Crippen molar-refractivity contribution in [3.63, 3.8) is 0 Å². The molecular weight excluding hydrogens is 246 g/mol. The highest BCUT2D eigenvalue weighted by molar-refractivity contribution is 6.29. The smallest absolute Gasteiger partial charge is 0.153 e. The molecule has 0 bridgehead atoms. The van der Waals surface area contributed by atoms with Gasteiger partial charge in [-0.25, -0.2) is 4.98 Å². The maximum absolute atomic E-state index is 6.05. The molecule has 0 aromatic carbocycles. The molecule has 0 radical (unpaired) electrons. The lowest BCUT2D eigenvalue weighted by Crippen LogP contribution is -2.38. The first-order valence-electron chi connectivity index (χ1n) is 6.68. The fourth-order valence-electron chi connectivity index (χ4n) is 2.20. The van der Waals surface area contributed by atoms with Gasteiger partial charge in [0, 0.05) is 12.6 Å². The zero-order valence-corrected chi connectivity index (χ0v) is 12.5. The minimum absolute atomic E-state index is 0.459. The van der Waals surface area contributed by atoms with E-state index in [9.17, 15) is 0 Å². The number of nitrogens with zero attached hydrogens (tertiary/aromatic N) is 2. The second-order valence-corrected chi connectivity index (χ2v) is 5.45. The summed E-state index contributed by atoms with van der Waals surface area (Å²) in [6, 6.07) is 4.03. The van der Waals surface area contributed by atoms with E-state index >= 15 is 0 Å². The van der Waals surface area contributed by atoms with Gasteiger partial charge in [-0.2, -0.15) is 0 Å². The highest BCUT2D eigenvalue weighted by Crippen LogP contribution is 2.27. The number of nitrogens with two attached hydrogens (primary N) is 1. The molecule has 4 heteroatoms. The topological polar surface area (TPSA) is 42.2 Å². The lowest BCUT2D eigenvalue weighted by atomic mass is 10.1. The zero-order chi connectivity index (χ0) is 13.7. The quantitative estimate of drug-likeness (QED) is 0.795. The molecule has 0 aliphatic heterocycles. The second-order valence-electron chi connectivity index (χ2n) is 5.06. The molecule has 2 N–H and O–H groups in total. The molecule has 102 valence electrons. The van der Waals surface area contributed by atoms with Crippen LogP contribution < -0.4 is 10.6 Å². The number of hydrogen-bond acceptors (Lipinski definition) is 3.